The Hall–Kier alpha value is -2.87. The molecule has 0 bridgehead atoms. The number of carbonyl (C=O) groups excluding carboxylic acids is 1. The number of ether oxygens (including phenoxy) is 1. The number of hydrogen-bond acceptors (Lipinski definition) is 2. The molecular formula is C20H16O2. The Morgan fingerprint density at radius 2 is 1.41 bits per heavy atom. The summed E-state index contributed by atoms with van der Waals surface area (Å²) >= 11 is 0. The van der Waals surface area contributed by atoms with Crippen molar-refractivity contribution < 1.29 is 9.53 Å². The number of para-hydroxylation sites is 2. The van der Waals surface area contributed by atoms with Gasteiger partial charge in [-0.05, 0) is 30.7 Å². The molecule has 3 aromatic carbocycles. The predicted octanol–water partition coefficient (Wildman–Crippen LogP) is 5.35. The number of rotatable bonds is 4. The second-order valence-electron chi connectivity index (χ2n) is 5.04. The first-order valence-corrected chi connectivity index (χ1v) is 7.17. The third kappa shape index (κ3) is 3.07. The van der Waals surface area contributed by atoms with E-state index in [9.17, 15) is 4.79 Å². The average molecular weight is 288 g/mol. The number of ketones is 1. The lowest BCUT2D eigenvalue weighted by atomic mass is 10.0. The van der Waals surface area contributed by atoms with Gasteiger partial charge in [-0.2, -0.15) is 0 Å². The van der Waals surface area contributed by atoms with Crippen LogP contribution in [0.5, 0.6) is 11.5 Å². The van der Waals surface area contributed by atoms with E-state index in [1.165, 1.54) is 0 Å². The number of Topliss-reactive ketones (excluding diaryl/α,β-unsaturated/α-hetero) is 1. The summed E-state index contributed by atoms with van der Waals surface area (Å²) in [7, 11) is 0. The average Bonchev–Trinajstić information content (AvgIpc) is 2.56. The number of benzene rings is 3. The van der Waals surface area contributed by atoms with Gasteiger partial charge in [-0.1, -0.05) is 60.7 Å². The lowest BCUT2D eigenvalue weighted by Gasteiger charge is -2.11. The van der Waals surface area contributed by atoms with Crippen molar-refractivity contribution in [1.29, 1.82) is 0 Å². The van der Waals surface area contributed by atoms with E-state index in [1.54, 1.807) is 6.92 Å². The fourth-order valence-corrected chi connectivity index (χ4v) is 2.29. The van der Waals surface area contributed by atoms with Crippen LogP contribution in [-0.4, -0.2) is 5.78 Å². The minimum absolute atomic E-state index is 0.0698. The maximum absolute atomic E-state index is 11.4. The van der Waals surface area contributed by atoms with Gasteiger partial charge in [0.15, 0.2) is 5.78 Å². The Bertz CT molecular complexity index is 774. The van der Waals surface area contributed by atoms with Crippen molar-refractivity contribution in [3.8, 4) is 22.6 Å². The third-order valence-corrected chi connectivity index (χ3v) is 3.46. The Morgan fingerprint density at radius 3 is 2.09 bits per heavy atom. The van der Waals surface area contributed by atoms with Crippen LogP contribution in [0.2, 0.25) is 0 Å². The van der Waals surface area contributed by atoms with Crippen LogP contribution in [0.25, 0.3) is 11.1 Å². The van der Waals surface area contributed by atoms with E-state index < -0.39 is 0 Å². The van der Waals surface area contributed by atoms with E-state index >= 15 is 0 Å². The zero-order chi connectivity index (χ0) is 15.4. The quantitative estimate of drug-likeness (QED) is 0.605. The van der Waals surface area contributed by atoms with Gasteiger partial charge in [0.1, 0.15) is 11.5 Å². The molecule has 0 amide bonds. The van der Waals surface area contributed by atoms with Crippen molar-refractivity contribution in [2.24, 2.45) is 0 Å². The molecule has 0 unspecified atom stereocenters. The lowest BCUT2D eigenvalue weighted by Crippen LogP contribution is -1.92. The highest BCUT2D eigenvalue weighted by molar-refractivity contribution is 5.94. The van der Waals surface area contributed by atoms with E-state index in [1.807, 2.05) is 78.9 Å². The second-order valence-corrected chi connectivity index (χ2v) is 5.04. The Kier molecular flexibility index (Phi) is 4.01. The Balaban J connectivity index is 1.95. The van der Waals surface area contributed by atoms with Crippen LogP contribution in [0, 0.1) is 0 Å². The van der Waals surface area contributed by atoms with Gasteiger partial charge in [-0.15, -0.1) is 0 Å². The molecular weight excluding hydrogens is 272 g/mol. The Morgan fingerprint density at radius 1 is 0.773 bits per heavy atom. The molecule has 108 valence electrons. The summed E-state index contributed by atoms with van der Waals surface area (Å²) in [6, 6.07) is 25.2. The van der Waals surface area contributed by atoms with Gasteiger partial charge in [-0.3, -0.25) is 4.79 Å². The number of hydrogen-bond donors (Lipinski definition) is 0. The second kappa shape index (κ2) is 6.27. The molecule has 2 heteroatoms. The van der Waals surface area contributed by atoms with Crippen LogP contribution < -0.4 is 4.74 Å². The topological polar surface area (TPSA) is 26.3 Å². The van der Waals surface area contributed by atoms with Crippen LogP contribution in [0.3, 0.4) is 0 Å². The van der Waals surface area contributed by atoms with E-state index in [0.717, 1.165) is 22.6 Å². The molecule has 0 aliphatic rings. The molecule has 0 aliphatic heterocycles. The maximum Gasteiger partial charge on any atom is 0.159 e. The maximum atomic E-state index is 11.4. The van der Waals surface area contributed by atoms with Crippen LogP contribution in [0.1, 0.15) is 17.3 Å². The summed E-state index contributed by atoms with van der Waals surface area (Å²) in [5.74, 6) is 1.67. The summed E-state index contributed by atoms with van der Waals surface area (Å²) in [5, 5.41) is 0. The molecule has 3 rings (SSSR count). The van der Waals surface area contributed by atoms with E-state index in [0.29, 0.717) is 5.56 Å². The van der Waals surface area contributed by atoms with Crippen LogP contribution in [-0.2, 0) is 0 Å². The molecule has 0 saturated heterocycles. The summed E-state index contributed by atoms with van der Waals surface area (Å²) < 4.78 is 5.97. The minimum atomic E-state index is 0.0698. The van der Waals surface area contributed by atoms with Crippen molar-refractivity contribution in [1.82, 2.24) is 0 Å². The SMILES string of the molecule is CC(=O)c1ccc(-c2ccccc2Oc2ccccc2)cc1. The summed E-state index contributed by atoms with van der Waals surface area (Å²) in [6.07, 6.45) is 0. The van der Waals surface area contributed by atoms with Gasteiger partial charge in [0, 0.05) is 11.1 Å². The van der Waals surface area contributed by atoms with Crippen molar-refractivity contribution in [3.63, 3.8) is 0 Å². The molecule has 0 N–H and O–H groups in total. The first kappa shape index (κ1) is 14.1. The first-order valence-electron chi connectivity index (χ1n) is 7.17. The molecule has 0 aliphatic carbocycles. The van der Waals surface area contributed by atoms with Crippen LogP contribution in [0.4, 0.5) is 0 Å². The van der Waals surface area contributed by atoms with E-state index in [-0.39, 0.29) is 5.78 Å². The van der Waals surface area contributed by atoms with Gasteiger partial charge in [-0.25, -0.2) is 0 Å². The molecule has 0 saturated carbocycles. The zero-order valence-corrected chi connectivity index (χ0v) is 12.3. The normalized spacial score (nSPS) is 10.2. The molecule has 0 heterocycles. The molecule has 3 aromatic rings. The molecule has 0 aromatic heterocycles. The smallest absolute Gasteiger partial charge is 0.159 e. The Labute approximate surface area is 130 Å². The summed E-state index contributed by atoms with van der Waals surface area (Å²) in [5.41, 5.74) is 2.74. The van der Waals surface area contributed by atoms with Crippen molar-refractivity contribution >= 4 is 5.78 Å². The van der Waals surface area contributed by atoms with E-state index in [2.05, 4.69) is 0 Å². The zero-order valence-electron chi connectivity index (χ0n) is 12.3. The monoisotopic (exact) mass is 288 g/mol. The fraction of sp³-hybridized carbons (Fsp3) is 0.0500. The molecule has 0 spiro atoms. The van der Waals surface area contributed by atoms with Gasteiger partial charge in [0.05, 0.1) is 0 Å². The highest BCUT2D eigenvalue weighted by Gasteiger charge is 2.07. The van der Waals surface area contributed by atoms with E-state index in [4.69, 9.17) is 4.74 Å². The molecule has 22 heavy (non-hydrogen) atoms. The van der Waals surface area contributed by atoms with Crippen LogP contribution >= 0.6 is 0 Å². The van der Waals surface area contributed by atoms with Crippen molar-refractivity contribution in [3.05, 3.63) is 84.4 Å². The predicted molar refractivity (Wildman–Crippen MR) is 88.4 cm³/mol. The standard InChI is InChI=1S/C20H16O2/c1-15(21)16-11-13-17(14-12-16)19-9-5-6-10-20(19)22-18-7-3-2-4-8-18/h2-14H,1H3. The van der Waals surface area contributed by atoms with Gasteiger partial charge >= 0.3 is 0 Å². The summed E-state index contributed by atoms with van der Waals surface area (Å²) in [6.45, 7) is 1.57. The molecule has 0 fully saturated rings. The van der Waals surface area contributed by atoms with Crippen molar-refractivity contribution in [2.75, 3.05) is 0 Å². The summed E-state index contributed by atoms with van der Waals surface area (Å²) in [4.78, 5) is 11.4. The fourth-order valence-electron chi connectivity index (χ4n) is 2.29. The lowest BCUT2D eigenvalue weighted by molar-refractivity contribution is 0.101. The molecule has 0 atom stereocenters. The third-order valence-electron chi connectivity index (χ3n) is 3.46. The van der Waals surface area contributed by atoms with Gasteiger partial charge in [0.2, 0.25) is 0 Å². The molecule has 0 radical (unpaired) electrons. The van der Waals surface area contributed by atoms with Crippen molar-refractivity contribution in [2.45, 2.75) is 6.92 Å². The number of carbonyl (C=O) groups is 1. The highest BCUT2D eigenvalue weighted by Crippen LogP contribution is 2.33. The highest BCUT2D eigenvalue weighted by atomic mass is 16.5. The molecule has 2 nitrogen and oxygen atoms in total. The first-order chi connectivity index (χ1) is 10.7. The van der Waals surface area contributed by atoms with Crippen LogP contribution in [0.15, 0.2) is 78.9 Å². The minimum Gasteiger partial charge on any atom is -0.457 e. The van der Waals surface area contributed by atoms with Gasteiger partial charge in [0.25, 0.3) is 0 Å². The largest absolute Gasteiger partial charge is 0.457 e. The van der Waals surface area contributed by atoms with Gasteiger partial charge < -0.3 is 4.74 Å².